The van der Waals surface area contributed by atoms with Gasteiger partial charge in [0.25, 0.3) is 0 Å². The van der Waals surface area contributed by atoms with Gasteiger partial charge in [0.15, 0.2) is 0 Å². The van der Waals surface area contributed by atoms with Crippen LogP contribution in [0.2, 0.25) is 0 Å². The molecule has 1 aliphatic rings. The molecule has 108 valence electrons. The summed E-state index contributed by atoms with van der Waals surface area (Å²) < 4.78 is 4.17. The fraction of sp³-hybridized carbons (Fsp3) is 0.867. The van der Waals surface area contributed by atoms with Crippen molar-refractivity contribution in [3.8, 4) is 0 Å². The van der Waals surface area contributed by atoms with Gasteiger partial charge < -0.3 is 5.32 Å². The van der Waals surface area contributed by atoms with Crippen LogP contribution >= 0.6 is 11.5 Å². The summed E-state index contributed by atoms with van der Waals surface area (Å²) >= 11 is 1.60. The quantitative estimate of drug-likeness (QED) is 0.817. The third kappa shape index (κ3) is 4.25. The van der Waals surface area contributed by atoms with E-state index in [1.54, 1.807) is 11.5 Å². The molecular weight excluding hydrogens is 254 g/mol. The lowest BCUT2D eigenvalue weighted by atomic mass is 9.84. The molecule has 0 spiro atoms. The van der Waals surface area contributed by atoms with E-state index in [-0.39, 0.29) is 0 Å². The standard InChI is InChI=1S/C15H27N3S/c1-3-10-16-14(11-12-8-6-5-7-9-12)15-13(4-2)17-18-19-15/h12,14,16H,3-11H2,1-2H3. The lowest BCUT2D eigenvalue weighted by molar-refractivity contribution is 0.301. The molecule has 3 nitrogen and oxygen atoms in total. The maximum absolute atomic E-state index is 4.29. The van der Waals surface area contributed by atoms with Crippen LogP contribution in [0.5, 0.6) is 0 Å². The van der Waals surface area contributed by atoms with Gasteiger partial charge >= 0.3 is 0 Å². The Hall–Kier alpha value is -0.480. The lowest BCUT2D eigenvalue weighted by Gasteiger charge is -2.26. The molecule has 4 heteroatoms. The van der Waals surface area contributed by atoms with Crippen molar-refractivity contribution in [2.75, 3.05) is 6.54 Å². The molecule has 19 heavy (non-hydrogen) atoms. The van der Waals surface area contributed by atoms with Gasteiger partial charge in [-0.1, -0.05) is 50.4 Å². The average Bonchev–Trinajstić information content (AvgIpc) is 2.93. The molecule has 1 atom stereocenters. The largest absolute Gasteiger partial charge is 0.309 e. The summed E-state index contributed by atoms with van der Waals surface area (Å²) in [7, 11) is 0. The van der Waals surface area contributed by atoms with Crippen molar-refractivity contribution in [1.29, 1.82) is 0 Å². The molecule has 0 amide bonds. The third-order valence-electron chi connectivity index (χ3n) is 4.17. The highest BCUT2D eigenvalue weighted by molar-refractivity contribution is 7.05. The van der Waals surface area contributed by atoms with Crippen LogP contribution in [0.15, 0.2) is 0 Å². The molecule has 1 heterocycles. The highest BCUT2D eigenvalue weighted by Gasteiger charge is 2.23. The van der Waals surface area contributed by atoms with Crippen molar-refractivity contribution in [2.45, 2.75) is 71.3 Å². The molecule has 1 saturated carbocycles. The van der Waals surface area contributed by atoms with Crippen LogP contribution in [-0.2, 0) is 6.42 Å². The van der Waals surface area contributed by atoms with Crippen LogP contribution in [0, 0.1) is 5.92 Å². The summed E-state index contributed by atoms with van der Waals surface area (Å²) in [5.74, 6) is 0.898. The first-order valence-corrected chi connectivity index (χ1v) is 8.67. The fourth-order valence-corrected chi connectivity index (χ4v) is 3.91. The predicted octanol–water partition coefficient (Wildman–Crippen LogP) is 4.11. The molecular formula is C15H27N3S. The van der Waals surface area contributed by atoms with Crippen molar-refractivity contribution in [2.24, 2.45) is 5.92 Å². The first kappa shape index (κ1) is 14.9. The van der Waals surface area contributed by atoms with Crippen molar-refractivity contribution >= 4 is 11.5 Å². The molecule has 0 saturated heterocycles. The monoisotopic (exact) mass is 281 g/mol. The van der Waals surface area contributed by atoms with Crippen LogP contribution in [0.25, 0.3) is 0 Å². The zero-order valence-electron chi connectivity index (χ0n) is 12.3. The van der Waals surface area contributed by atoms with Crippen molar-refractivity contribution < 1.29 is 0 Å². The third-order valence-corrected chi connectivity index (χ3v) is 5.05. The topological polar surface area (TPSA) is 37.8 Å². The Morgan fingerprint density at radius 3 is 2.74 bits per heavy atom. The summed E-state index contributed by atoms with van der Waals surface area (Å²) in [4.78, 5) is 1.39. The van der Waals surface area contributed by atoms with E-state index >= 15 is 0 Å². The Kier molecular flexibility index (Phi) is 6.24. The summed E-state index contributed by atoms with van der Waals surface area (Å²) in [6, 6.07) is 0.484. The minimum Gasteiger partial charge on any atom is -0.309 e. The fourth-order valence-electron chi connectivity index (χ4n) is 3.08. The van der Waals surface area contributed by atoms with Gasteiger partial charge in [0, 0.05) is 6.04 Å². The van der Waals surface area contributed by atoms with E-state index in [1.165, 1.54) is 55.5 Å². The summed E-state index contributed by atoms with van der Waals surface area (Å²) in [6.45, 7) is 5.51. The van der Waals surface area contributed by atoms with E-state index in [2.05, 4.69) is 28.8 Å². The Morgan fingerprint density at radius 1 is 1.26 bits per heavy atom. The summed E-state index contributed by atoms with van der Waals surface area (Å²) in [6.07, 6.45) is 10.6. The summed E-state index contributed by atoms with van der Waals surface area (Å²) in [5.41, 5.74) is 1.20. The van der Waals surface area contributed by atoms with Gasteiger partial charge in [0.05, 0.1) is 10.6 Å². The zero-order chi connectivity index (χ0) is 13.5. The van der Waals surface area contributed by atoms with Gasteiger partial charge in [-0.15, -0.1) is 5.10 Å². The number of hydrogen-bond acceptors (Lipinski definition) is 4. The van der Waals surface area contributed by atoms with E-state index in [0.29, 0.717) is 6.04 Å². The molecule has 1 fully saturated rings. The second-order valence-electron chi connectivity index (χ2n) is 5.68. The molecule has 1 aliphatic carbocycles. The second-order valence-corrected chi connectivity index (χ2v) is 6.47. The number of rotatable bonds is 7. The Morgan fingerprint density at radius 2 is 2.05 bits per heavy atom. The molecule has 0 radical (unpaired) electrons. The van der Waals surface area contributed by atoms with Crippen LogP contribution in [0.4, 0.5) is 0 Å². The van der Waals surface area contributed by atoms with Crippen molar-refractivity contribution in [3.63, 3.8) is 0 Å². The van der Waals surface area contributed by atoms with E-state index in [0.717, 1.165) is 18.9 Å². The first-order chi connectivity index (χ1) is 9.35. The molecule has 1 N–H and O–H groups in total. The van der Waals surface area contributed by atoms with Gasteiger partial charge in [-0.2, -0.15) is 0 Å². The van der Waals surface area contributed by atoms with Gasteiger partial charge in [0.1, 0.15) is 0 Å². The van der Waals surface area contributed by atoms with E-state index in [9.17, 15) is 0 Å². The Labute approximate surface area is 121 Å². The minimum atomic E-state index is 0.484. The van der Waals surface area contributed by atoms with Crippen LogP contribution in [0.3, 0.4) is 0 Å². The molecule has 0 bridgehead atoms. The van der Waals surface area contributed by atoms with E-state index in [4.69, 9.17) is 0 Å². The zero-order valence-corrected chi connectivity index (χ0v) is 13.1. The van der Waals surface area contributed by atoms with Crippen LogP contribution < -0.4 is 5.32 Å². The van der Waals surface area contributed by atoms with Gasteiger partial charge in [0.2, 0.25) is 0 Å². The highest BCUT2D eigenvalue weighted by atomic mass is 32.1. The molecule has 0 aliphatic heterocycles. The highest BCUT2D eigenvalue weighted by Crippen LogP contribution is 2.33. The van der Waals surface area contributed by atoms with Crippen LogP contribution in [-0.4, -0.2) is 16.1 Å². The van der Waals surface area contributed by atoms with Crippen molar-refractivity contribution in [3.05, 3.63) is 10.6 Å². The Bertz CT molecular complexity index is 358. The normalized spacial score (nSPS) is 18.6. The molecule has 1 unspecified atom stereocenters. The number of nitrogens with one attached hydrogen (secondary N) is 1. The van der Waals surface area contributed by atoms with Gasteiger partial charge in [-0.3, -0.25) is 0 Å². The minimum absolute atomic E-state index is 0.484. The maximum atomic E-state index is 4.29. The van der Waals surface area contributed by atoms with E-state index in [1.807, 2.05) is 0 Å². The maximum Gasteiger partial charge on any atom is 0.0800 e. The van der Waals surface area contributed by atoms with Crippen molar-refractivity contribution in [1.82, 2.24) is 14.9 Å². The average molecular weight is 281 g/mol. The predicted molar refractivity (Wildman–Crippen MR) is 81.5 cm³/mol. The number of aromatic nitrogens is 2. The Balaban J connectivity index is 2.01. The molecule has 1 aromatic heterocycles. The smallest absolute Gasteiger partial charge is 0.0800 e. The summed E-state index contributed by atoms with van der Waals surface area (Å²) in [5, 5.41) is 8.01. The second kappa shape index (κ2) is 7.95. The van der Waals surface area contributed by atoms with E-state index < -0.39 is 0 Å². The van der Waals surface area contributed by atoms with Gasteiger partial charge in [-0.25, -0.2) is 0 Å². The lowest BCUT2D eigenvalue weighted by Crippen LogP contribution is -2.25. The first-order valence-electron chi connectivity index (χ1n) is 7.89. The number of nitrogens with zero attached hydrogens (tertiary/aromatic N) is 2. The van der Waals surface area contributed by atoms with Crippen LogP contribution in [0.1, 0.15) is 75.4 Å². The molecule has 0 aromatic carbocycles. The van der Waals surface area contributed by atoms with Gasteiger partial charge in [-0.05, 0) is 43.3 Å². The molecule has 1 aromatic rings. The number of aryl methyl sites for hydroxylation is 1. The number of hydrogen-bond donors (Lipinski definition) is 1. The molecule has 2 rings (SSSR count). The SMILES string of the molecule is CCCNC(CC1CCCCC1)c1snnc1CC.